The van der Waals surface area contributed by atoms with E-state index in [9.17, 15) is 8.42 Å². The van der Waals surface area contributed by atoms with Gasteiger partial charge in [-0.2, -0.15) is 0 Å². The van der Waals surface area contributed by atoms with Crippen LogP contribution in [0, 0.1) is 0 Å². The molecule has 0 unspecified atom stereocenters. The van der Waals surface area contributed by atoms with Crippen LogP contribution in [0.3, 0.4) is 0 Å². The summed E-state index contributed by atoms with van der Waals surface area (Å²) < 4.78 is 36.7. The highest BCUT2D eigenvalue weighted by Gasteiger charge is 2.19. The van der Waals surface area contributed by atoms with Crippen molar-refractivity contribution in [2.45, 2.75) is 4.90 Å². The number of benzene rings is 1. The molecule has 0 bridgehead atoms. The van der Waals surface area contributed by atoms with E-state index < -0.39 is 10.0 Å². The second-order valence-corrected chi connectivity index (χ2v) is 5.79. The predicted molar refractivity (Wildman–Crippen MR) is 80.3 cm³/mol. The van der Waals surface area contributed by atoms with Crippen molar-refractivity contribution < 1.29 is 17.9 Å². The molecule has 20 heavy (non-hydrogen) atoms. The lowest BCUT2D eigenvalue weighted by atomic mass is 10.3. The highest BCUT2D eigenvalue weighted by Crippen LogP contribution is 2.27. The molecule has 0 heterocycles. The van der Waals surface area contributed by atoms with E-state index in [1.807, 2.05) is 0 Å². The zero-order valence-electron chi connectivity index (χ0n) is 11.0. The molecule has 0 radical (unpaired) electrons. The molecule has 0 saturated carbocycles. The fraction of sp³-hybridized carbons (Fsp3) is 0.455. The monoisotopic (exact) mass is 344 g/mol. The van der Waals surface area contributed by atoms with Crippen LogP contribution in [0.25, 0.3) is 0 Å². The summed E-state index contributed by atoms with van der Waals surface area (Å²) in [5, 5.41) is 0.312. The maximum Gasteiger partial charge on any atom is 0.244 e. The first-order valence-electron chi connectivity index (χ1n) is 5.62. The van der Waals surface area contributed by atoms with Gasteiger partial charge in [-0.15, -0.1) is 12.4 Å². The molecule has 0 spiro atoms. The second kappa shape index (κ2) is 9.38. The van der Waals surface area contributed by atoms with E-state index in [1.165, 1.54) is 19.2 Å². The summed E-state index contributed by atoms with van der Waals surface area (Å²) in [5.41, 5.74) is 5.28. The number of rotatable bonds is 8. The van der Waals surface area contributed by atoms with Crippen molar-refractivity contribution in [1.29, 1.82) is 0 Å². The van der Waals surface area contributed by atoms with E-state index >= 15 is 0 Å². The van der Waals surface area contributed by atoms with Gasteiger partial charge in [-0.1, -0.05) is 11.6 Å². The first kappa shape index (κ1) is 19.4. The average Bonchev–Trinajstić information content (AvgIpc) is 2.38. The quantitative estimate of drug-likeness (QED) is 0.687. The highest BCUT2D eigenvalue weighted by atomic mass is 35.5. The number of hydrogen-bond donors (Lipinski definition) is 2. The fourth-order valence-corrected chi connectivity index (χ4v) is 2.77. The van der Waals surface area contributed by atoms with Crippen LogP contribution >= 0.6 is 24.0 Å². The molecular weight excluding hydrogens is 327 g/mol. The molecule has 1 aromatic rings. The Morgan fingerprint density at radius 3 is 2.65 bits per heavy atom. The lowest BCUT2D eigenvalue weighted by Crippen LogP contribution is -2.29. The molecule has 0 fully saturated rings. The number of halogens is 2. The van der Waals surface area contributed by atoms with Crippen molar-refractivity contribution in [1.82, 2.24) is 4.72 Å². The van der Waals surface area contributed by atoms with Gasteiger partial charge in [-0.25, -0.2) is 13.1 Å². The van der Waals surface area contributed by atoms with Crippen molar-refractivity contribution in [3.8, 4) is 5.75 Å². The van der Waals surface area contributed by atoms with Crippen LogP contribution in [0.15, 0.2) is 23.1 Å². The van der Waals surface area contributed by atoms with Crippen molar-refractivity contribution in [3.05, 3.63) is 23.2 Å². The third kappa shape index (κ3) is 5.82. The van der Waals surface area contributed by atoms with Crippen LogP contribution in [0.4, 0.5) is 0 Å². The first-order chi connectivity index (χ1) is 9.01. The minimum atomic E-state index is -3.69. The highest BCUT2D eigenvalue weighted by molar-refractivity contribution is 7.89. The summed E-state index contributed by atoms with van der Waals surface area (Å²) in [6.07, 6.45) is 0. The molecule has 1 aromatic carbocycles. The largest absolute Gasteiger partial charge is 0.490 e. The molecule has 0 atom stereocenters. The molecule has 0 aliphatic carbocycles. The molecule has 3 N–H and O–H groups in total. The van der Waals surface area contributed by atoms with Gasteiger partial charge in [0.05, 0.1) is 6.61 Å². The SMILES string of the molecule is COCCOc1ccc(Cl)cc1S(=O)(=O)NCCN.Cl. The van der Waals surface area contributed by atoms with Gasteiger partial charge >= 0.3 is 0 Å². The number of nitrogens with one attached hydrogen (secondary N) is 1. The zero-order valence-corrected chi connectivity index (χ0v) is 13.4. The number of nitrogens with two attached hydrogens (primary N) is 1. The maximum atomic E-state index is 12.1. The third-order valence-electron chi connectivity index (χ3n) is 2.18. The molecular formula is C11H18Cl2N2O4S. The zero-order chi connectivity index (χ0) is 14.3. The summed E-state index contributed by atoms with van der Waals surface area (Å²) in [4.78, 5) is -0.00967. The van der Waals surface area contributed by atoms with Gasteiger partial charge in [0.15, 0.2) is 0 Å². The van der Waals surface area contributed by atoms with Crippen LogP contribution in [0.1, 0.15) is 0 Å². The summed E-state index contributed by atoms with van der Waals surface area (Å²) >= 11 is 5.82. The van der Waals surface area contributed by atoms with Gasteiger partial charge in [-0.05, 0) is 18.2 Å². The normalized spacial score (nSPS) is 10.9. The van der Waals surface area contributed by atoms with Crippen molar-refractivity contribution in [2.75, 3.05) is 33.4 Å². The summed E-state index contributed by atoms with van der Waals surface area (Å²) in [6.45, 7) is 0.960. The summed E-state index contributed by atoms with van der Waals surface area (Å²) in [5.74, 6) is 0.228. The Morgan fingerprint density at radius 2 is 2.05 bits per heavy atom. The van der Waals surface area contributed by atoms with E-state index in [0.29, 0.717) is 11.6 Å². The molecule has 9 heteroatoms. The average molecular weight is 345 g/mol. The lowest BCUT2D eigenvalue weighted by molar-refractivity contribution is 0.144. The molecule has 6 nitrogen and oxygen atoms in total. The number of hydrogen-bond acceptors (Lipinski definition) is 5. The van der Waals surface area contributed by atoms with Crippen LogP contribution in [-0.2, 0) is 14.8 Å². The number of methoxy groups -OCH3 is 1. The van der Waals surface area contributed by atoms with E-state index in [1.54, 1.807) is 6.07 Å². The Kier molecular flexibility index (Phi) is 9.11. The van der Waals surface area contributed by atoms with Gasteiger partial charge in [0.1, 0.15) is 17.3 Å². The van der Waals surface area contributed by atoms with Gasteiger partial charge in [0.25, 0.3) is 0 Å². The second-order valence-electron chi connectivity index (χ2n) is 3.62. The standard InChI is InChI=1S/C11H17ClN2O4S.ClH/c1-17-6-7-18-10-3-2-9(12)8-11(10)19(15,16)14-5-4-13;/h2-3,8,14H,4-7,13H2,1H3;1H. The number of sulfonamides is 1. The molecule has 116 valence electrons. The lowest BCUT2D eigenvalue weighted by Gasteiger charge is -2.12. The Labute approximate surface area is 130 Å². The Bertz CT molecular complexity index is 511. The third-order valence-corrected chi connectivity index (χ3v) is 3.89. The van der Waals surface area contributed by atoms with E-state index in [4.69, 9.17) is 26.8 Å². The van der Waals surface area contributed by atoms with Gasteiger partial charge in [-0.3, -0.25) is 0 Å². The van der Waals surface area contributed by atoms with Crippen LogP contribution in [-0.4, -0.2) is 41.8 Å². The van der Waals surface area contributed by atoms with Crippen LogP contribution in [0.5, 0.6) is 5.75 Å². The molecule has 0 aliphatic heterocycles. The smallest absolute Gasteiger partial charge is 0.244 e. The summed E-state index contributed by atoms with van der Waals surface area (Å²) in [6, 6.07) is 4.41. The minimum Gasteiger partial charge on any atom is -0.490 e. The van der Waals surface area contributed by atoms with Gasteiger partial charge in [0.2, 0.25) is 10.0 Å². The topological polar surface area (TPSA) is 90.6 Å². The number of ether oxygens (including phenoxy) is 2. The van der Waals surface area contributed by atoms with Crippen molar-refractivity contribution in [3.63, 3.8) is 0 Å². The van der Waals surface area contributed by atoms with Gasteiger partial charge < -0.3 is 15.2 Å². The Balaban J connectivity index is 0.00000361. The molecule has 0 saturated heterocycles. The minimum absolute atomic E-state index is 0. The van der Waals surface area contributed by atoms with Gasteiger partial charge in [0, 0.05) is 25.2 Å². The molecule has 0 amide bonds. The Hall–Kier alpha value is -0.570. The van der Waals surface area contributed by atoms with Crippen molar-refractivity contribution >= 4 is 34.0 Å². The first-order valence-corrected chi connectivity index (χ1v) is 7.48. The Morgan fingerprint density at radius 1 is 1.35 bits per heavy atom. The van der Waals surface area contributed by atoms with E-state index in [2.05, 4.69) is 4.72 Å². The van der Waals surface area contributed by atoms with Crippen LogP contribution < -0.4 is 15.2 Å². The maximum absolute atomic E-state index is 12.1. The van der Waals surface area contributed by atoms with E-state index in [0.717, 1.165) is 0 Å². The van der Waals surface area contributed by atoms with Crippen LogP contribution in [0.2, 0.25) is 5.02 Å². The molecule has 0 aliphatic rings. The van der Waals surface area contributed by atoms with Crippen molar-refractivity contribution in [2.24, 2.45) is 5.73 Å². The molecule has 1 rings (SSSR count). The molecule has 0 aromatic heterocycles. The van der Waals surface area contributed by atoms with E-state index in [-0.39, 0.29) is 42.7 Å². The fourth-order valence-electron chi connectivity index (χ4n) is 1.32. The summed E-state index contributed by atoms with van der Waals surface area (Å²) in [7, 11) is -2.16. The predicted octanol–water partition coefficient (Wildman–Crippen LogP) is 1.02.